The van der Waals surface area contributed by atoms with Crippen molar-refractivity contribution in [1.29, 1.82) is 0 Å². The van der Waals surface area contributed by atoms with Gasteiger partial charge in [0.2, 0.25) is 70.9 Å². The van der Waals surface area contributed by atoms with E-state index in [0.717, 1.165) is 4.90 Å². The summed E-state index contributed by atoms with van der Waals surface area (Å²) in [6.07, 6.45) is 4.42. The molecule has 2 aromatic heterocycles. The van der Waals surface area contributed by atoms with Crippen LogP contribution in [0, 0.1) is 11.8 Å². The SMILES string of the molecule is CC(C)C[C@H](NC(=O)[C@H](Cc1cnc[nH]1)N(C)C(=O)CNC(=O)[C@@H](NC(=O)[C@H](C)NC(=O)[C@H](Cc1c[nH]c2ccccc12)NC(=O)[C@H](CCC(N)=O)NC(=O)[C@@H](Cc1ccccc1)NC(=O)CN1CCC(NC(=O)CN2CCN(CC(=O)O)CCN(CC(=O)O)CCN(CC(=O)O)CC2)CC1)C(C)C)C(=O)N1CSC[C@H]1C(N)=O. The summed E-state index contributed by atoms with van der Waals surface area (Å²) in [6.45, 7) is 8.93. The monoisotopic (exact) mass is 1610 g/mol. The van der Waals surface area contributed by atoms with Crippen molar-refractivity contribution >= 4 is 111 Å². The van der Waals surface area contributed by atoms with Gasteiger partial charge in [0.25, 0.3) is 0 Å². The first-order chi connectivity index (χ1) is 54.2. The smallest absolute Gasteiger partial charge is 0.317 e. The van der Waals surface area contributed by atoms with Gasteiger partial charge in [-0.25, -0.2) is 4.98 Å². The number of nitrogens with two attached hydrogens (primary N) is 2. The number of amides is 12. The van der Waals surface area contributed by atoms with Crippen LogP contribution >= 0.6 is 11.8 Å². The van der Waals surface area contributed by atoms with Crippen molar-refractivity contribution in [2.24, 2.45) is 23.3 Å². The molecule has 12 amide bonds. The zero-order valence-corrected chi connectivity index (χ0v) is 66.1. The number of imidazole rings is 1. The highest BCUT2D eigenvalue weighted by Crippen LogP contribution is 2.24. The molecule has 0 spiro atoms. The Labute approximate surface area is 664 Å². The normalized spacial score (nSPS) is 17.8. The van der Waals surface area contributed by atoms with Gasteiger partial charge < -0.3 is 89.1 Å². The number of piperidine rings is 1. The van der Waals surface area contributed by atoms with Crippen LogP contribution in [0.25, 0.3) is 10.9 Å². The Kier molecular flexibility index (Phi) is 35.5. The molecule has 38 nitrogen and oxygen atoms in total. The molecule has 3 aliphatic heterocycles. The molecule has 3 fully saturated rings. The highest BCUT2D eigenvalue weighted by atomic mass is 32.2. The number of thioether (sulfide) groups is 1. The Hall–Kier alpha value is -10.6. The number of carbonyl (C=O) groups excluding carboxylic acids is 12. The van der Waals surface area contributed by atoms with Gasteiger partial charge in [-0.15, -0.1) is 11.8 Å². The quantitative estimate of drug-likeness (QED) is 0.0203. The first-order valence-electron chi connectivity index (χ1n) is 38.1. The molecule has 3 saturated heterocycles. The molecule has 39 heteroatoms. The second-order valence-electron chi connectivity index (χ2n) is 29.8. The van der Waals surface area contributed by atoms with Crippen LogP contribution in [0.4, 0.5) is 0 Å². The van der Waals surface area contributed by atoms with Crippen LogP contribution in [0.3, 0.4) is 0 Å². The van der Waals surface area contributed by atoms with Crippen LogP contribution < -0.4 is 54.0 Å². The third-order valence-electron chi connectivity index (χ3n) is 20.0. The average Bonchev–Trinajstić information content (AvgIpc) is 1.63. The van der Waals surface area contributed by atoms with Crippen LogP contribution in [-0.2, 0) is 91.2 Å². The fraction of sp³-hybridized carbons (Fsp3) is 0.573. The number of nitrogens with zero attached hydrogens (tertiary/aromatic N) is 8. The van der Waals surface area contributed by atoms with E-state index < -0.39 is 150 Å². The average molecular weight is 1610 g/mol. The maximum Gasteiger partial charge on any atom is 0.317 e. The van der Waals surface area contributed by atoms with Gasteiger partial charge in [-0.3, -0.25) is 96.4 Å². The van der Waals surface area contributed by atoms with E-state index >= 15 is 0 Å². The molecular formula is C75H110N20O18S. The molecule has 0 bridgehead atoms. The first-order valence-corrected chi connectivity index (χ1v) is 39.3. The van der Waals surface area contributed by atoms with Gasteiger partial charge in [-0.05, 0) is 61.6 Å². The molecule has 0 radical (unpaired) electrons. The zero-order valence-electron chi connectivity index (χ0n) is 65.3. The minimum Gasteiger partial charge on any atom is -0.480 e. The maximum absolute atomic E-state index is 14.8. The van der Waals surface area contributed by atoms with Crippen molar-refractivity contribution in [2.75, 3.05) is 123 Å². The summed E-state index contributed by atoms with van der Waals surface area (Å²) in [4.78, 5) is 224. The summed E-state index contributed by atoms with van der Waals surface area (Å²) in [7, 11) is 1.35. The van der Waals surface area contributed by atoms with E-state index in [1.54, 1.807) is 89.3 Å². The fourth-order valence-electron chi connectivity index (χ4n) is 13.7. The second kappa shape index (κ2) is 44.7. The summed E-state index contributed by atoms with van der Waals surface area (Å²) in [6, 6.07) is 5.26. The van der Waals surface area contributed by atoms with Crippen molar-refractivity contribution in [1.82, 2.24) is 91.8 Å². The van der Waals surface area contributed by atoms with Crippen molar-refractivity contribution in [2.45, 2.75) is 140 Å². The van der Waals surface area contributed by atoms with E-state index in [9.17, 15) is 87.2 Å². The standard InChI is InChI=1S/C75H110N20O18S/c1-45(2)30-57(75(113)95-44-114-42-59(95)68(77)106)87-73(111)58(33-51-35-78-43-81-51)89(6)63(99)36-80-74(112)67(46(3)4)88-69(107)47(5)82-71(109)56(32-49-34-79-53-15-11-10-14-52(49)53)86-70(108)54(16-17-60(76)96)85-72(110)55(31-48-12-8-7-9-13-48)84-62(98)38-90-20-18-50(19-21-90)83-61(97)37-91-22-24-92(39-64(100)101)26-28-94(41-66(104)105)29-27-93(25-23-91)40-65(102)103/h7-15,34-35,43,45-47,50,54-59,67,79H,16-33,36-42,44H2,1-6H3,(H2,76,96)(H2,77,106)(H,78,81)(H,80,112)(H,82,109)(H,83,97)(H,84,98)(H,85,110)(H,86,108)(H,87,111)(H,88,107)(H,100,101)(H,102,103)(H,104,105)/t47-,54-,55+,56-,57-,58-,59-,67-/m0/s1. The Morgan fingerprint density at radius 2 is 1.11 bits per heavy atom. The van der Waals surface area contributed by atoms with Gasteiger partial charge >= 0.3 is 17.9 Å². The summed E-state index contributed by atoms with van der Waals surface area (Å²) < 4.78 is 0. The van der Waals surface area contributed by atoms with Crippen LogP contribution in [-0.4, -0.2) is 331 Å². The number of nitrogens with one attached hydrogen (secondary N) is 10. The summed E-state index contributed by atoms with van der Waals surface area (Å²) in [5, 5.41) is 51.5. The molecular weight excluding hydrogens is 1500 g/mol. The largest absolute Gasteiger partial charge is 0.480 e. The van der Waals surface area contributed by atoms with Crippen LogP contribution in [0.2, 0.25) is 0 Å². The molecule has 8 atom stereocenters. The molecule has 5 heterocycles. The van der Waals surface area contributed by atoms with E-state index in [0.29, 0.717) is 59.4 Å². The number of rotatable bonds is 40. The predicted octanol–water partition coefficient (Wildman–Crippen LogP) is -3.80. The number of carbonyl (C=O) groups is 15. The van der Waals surface area contributed by atoms with Crippen molar-refractivity contribution in [3.8, 4) is 0 Å². The van der Waals surface area contributed by atoms with E-state index in [1.165, 1.54) is 43.2 Å². The maximum atomic E-state index is 14.8. The zero-order chi connectivity index (χ0) is 83.3. The summed E-state index contributed by atoms with van der Waals surface area (Å²) in [5.41, 5.74) is 13.6. The number of carboxylic acid groups (broad SMARTS) is 3. The van der Waals surface area contributed by atoms with Gasteiger partial charge in [0.1, 0.15) is 48.3 Å². The Morgan fingerprint density at radius 3 is 1.68 bits per heavy atom. The summed E-state index contributed by atoms with van der Waals surface area (Å²) in [5.74, 6) is -12.1. The number of hydrogen-bond donors (Lipinski definition) is 15. The number of fused-ring (bicyclic) bond motifs is 1. The third kappa shape index (κ3) is 29.4. The highest BCUT2D eigenvalue weighted by molar-refractivity contribution is 7.99. The van der Waals surface area contributed by atoms with Gasteiger partial charge in [0.15, 0.2) is 0 Å². The lowest BCUT2D eigenvalue weighted by Gasteiger charge is -2.34. The van der Waals surface area contributed by atoms with Gasteiger partial charge in [0.05, 0.1) is 51.5 Å². The van der Waals surface area contributed by atoms with Crippen LogP contribution in [0.15, 0.2) is 73.3 Å². The highest BCUT2D eigenvalue weighted by Gasteiger charge is 2.41. The molecule has 2 aromatic carbocycles. The number of aromatic amines is 2. The van der Waals surface area contributed by atoms with Gasteiger partial charge in [-0.2, -0.15) is 0 Å². The molecule has 7 rings (SSSR count). The Balaban J connectivity index is 0.982. The molecule has 3 aliphatic rings. The van der Waals surface area contributed by atoms with Crippen molar-refractivity contribution < 1.29 is 87.2 Å². The predicted molar refractivity (Wildman–Crippen MR) is 417 cm³/mol. The topological polar surface area (TPSA) is 532 Å². The number of primary amides is 2. The molecule has 0 unspecified atom stereocenters. The Bertz CT molecular complexity index is 3940. The number of likely N-dealkylation sites (tertiary alicyclic amines) is 1. The number of para-hydroxylation sites is 1. The molecule has 624 valence electrons. The second-order valence-corrected chi connectivity index (χ2v) is 30.8. The molecule has 114 heavy (non-hydrogen) atoms. The number of aromatic nitrogens is 3. The van der Waals surface area contributed by atoms with E-state index in [2.05, 4.69) is 57.5 Å². The minimum atomic E-state index is -1.55. The third-order valence-corrected chi connectivity index (χ3v) is 21.0. The summed E-state index contributed by atoms with van der Waals surface area (Å²) >= 11 is 1.34. The lowest BCUT2D eigenvalue weighted by molar-refractivity contribution is -0.143. The fourth-order valence-corrected chi connectivity index (χ4v) is 14.8. The van der Waals surface area contributed by atoms with E-state index in [-0.39, 0.29) is 141 Å². The minimum absolute atomic E-state index is 0.0607. The molecule has 17 N–H and O–H groups in total. The molecule has 0 saturated carbocycles. The first kappa shape index (κ1) is 90.6. The van der Waals surface area contributed by atoms with Gasteiger partial charge in [0, 0.05) is 139 Å². The number of carboxylic acids is 3. The number of aliphatic carboxylic acids is 3. The van der Waals surface area contributed by atoms with Gasteiger partial charge in [-0.1, -0.05) is 76.2 Å². The van der Waals surface area contributed by atoms with Crippen LogP contribution in [0.5, 0.6) is 0 Å². The van der Waals surface area contributed by atoms with Crippen molar-refractivity contribution in [3.63, 3.8) is 0 Å². The number of hydrogen-bond acceptors (Lipinski definition) is 22. The lowest BCUT2D eigenvalue weighted by Crippen LogP contribution is -2.60. The molecule has 4 aromatic rings. The molecule has 0 aliphatic carbocycles. The number of benzene rings is 2. The van der Waals surface area contributed by atoms with E-state index in [1.807, 2.05) is 23.6 Å². The van der Waals surface area contributed by atoms with E-state index in [4.69, 9.17) is 11.5 Å². The lowest BCUT2D eigenvalue weighted by atomic mass is 10.0. The number of H-pyrrole nitrogens is 2. The van der Waals surface area contributed by atoms with Crippen LogP contribution in [0.1, 0.15) is 83.5 Å². The number of likely N-dealkylation sites (N-methyl/N-ethyl adjacent to an activating group) is 1. The Morgan fingerprint density at radius 1 is 0.579 bits per heavy atom. The van der Waals surface area contributed by atoms with Crippen molar-refractivity contribution in [3.05, 3.63) is 90.1 Å².